The van der Waals surface area contributed by atoms with E-state index in [1.54, 1.807) is 17.6 Å². The Kier molecular flexibility index (Phi) is 4.70. The second-order valence-corrected chi connectivity index (χ2v) is 10.2. The number of hydrogen-bond donors (Lipinski definition) is 2. The predicted octanol–water partition coefficient (Wildman–Crippen LogP) is 3.84. The molecule has 0 aliphatic heterocycles. The predicted molar refractivity (Wildman–Crippen MR) is 118 cm³/mol. The zero-order valence-electron chi connectivity index (χ0n) is 16.9. The Bertz CT molecular complexity index is 1300. The molecule has 0 amide bonds. The van der Waals surface area contributed by atoms with Crippen molar-refractivity contribution in [1.82, 2.24) is 24.8 Å². The molecule has 2 unspecified atom stereocenters. The maximum atomic E-state index is 12.9. The van der Waals surface area contributed by atoms with Crippen molar-refractivity contribution in [2.45, 2.75) is 50.4 Å². The first kappa shape index (κ1) is 19.4. The number of thioether (sulfide) groups is 1. The minimum Gasteiger partial charge on any atom is -0.469 e. The van der Waals surface area contributed by atoms with Crippen LogP contribution in [-0.4, -0.2) is 24.8 Å². The number of H-pyrrole nitrogens is 1. The van der Waals surface area contributed by atoms with Gasteiger partial charge in [-0.3, -0.25) is 4.79 Å². The van der Waals surface area contributed by atoms with E-state index in [9.17, 15) is 4.79 Å². The lowest BCUT2D eigenvalue weighted by Crippen LogP contribution is -2.16. The zero-order valence-corrected chi connectivity index (χ0v) is 18.6. The maximum Gasteiger partial charge on any atom is 0.259 e. The first-order chi connectivity index (χ1) is 14.4. The minimum atomic E-state index is -0.148. The molecule has 0 spiro atoms. The number of nitrogen functional groups attached to an aromatic ring is 1. The van der Waals surface area contributed by atoms with Gasteiger partial charge in [-0.25, -0.2) is 9.66 Å². The number of aromatic amines is 1. The van der Waals surface area contributed by atoms with Crippen molar-refractivity contribution in [3.05, 3.63) is 44.7 Å². The van der Waals surface area contributed by atoms with Crippen molar-refractivity contribution in [1.29, 1.82) is 0 Å². The molecule has 2 atom stereocenters. The second kappa shape index (κ2) is 7.28. The molecule has 8 nitrogen and oxygen atoms in total. The molecule has 3 N–H and O–H groups in total. The molecule has 156 valence electrons. The van der Waals surface area contributed by atoms with Gasteiger partial charge in [0.15, 0.2) is 5.82 Å². The molecular weight excluding hydrogens is 420 g/mol. The van der Waals surface area contributed by atoms with Crippen LogP contribution in [0.4, 0.5) is 0 Å². The lowest BCUT2D eigenvalue weighted by Gasteiger charge is -2.17. The Balaban J connectivity index is 1.46. The Morgan fingerprint density at radius 1 is 1.43 bits per heavy atom. The van der Waals surface area contributed by atoms with E-state index in [1.165, 1.54) is 26.9 Å². The van der Waals surface area contributed by atoms with Crippen LogP contribution < -0.4 is 11.4 Å². The molecule has 10 heteroatoms. The smallest absolute Gasteiger partial charge is 0.259 e. The Hall–Kier alpha value is -2.59. The number of rotatable bonds is 4. The summed E-state index contributed by atoms with van der Waals surface area (Å²) in [5.41, 5.74) is 1.94. The van der Waals surface area contributed by atoms with Gasteiger partial charge in [-0.15, -0.1) is 21.5 Å². The van der Waals surface area contributed by atoms with E-state index in [0.29, 0.717) is 22.7 Å². The average molecular weight is 443 g/mol. The molecule has 0 bridgehead atoms. The van der Waals surface area contributed by atoms with Crippen LogP contribution in [0.5, 0.6) is 0 Å². The average Bonchev–Trinajstić information content (AvgIpc) is 3.38. The molecule has 0 saturated carbocycles. The van der Waals surface area contributed by atoms with E-state index in [-0.39, 0.29) is 10.8 Å². The first-order valence-electron chi connectivity index (χ1n) is 9.88. The summed E-state index contributed by atoms with van der Waals surface area (Å²) >= 11 is 3.06. The van der Waals surface area contributed by atoms with Gasteiger partial charge < -0.3 is 15.2 Å². The molecule has 0 saturated heterocycles. The fraction of sp³-hybridized carbons (Fsp3) is 0.400. The van der Waals surface area contributed by atoms with Gasteiger partial charge in [-0.2, -0.15) is 0 Å². The van der Waals surface area contributed by atoms with Crippen molar-refractivity contribution < 1.29 is 4.42 Å². The van der Waals surface area contributed by atoms with E-state index in [1.807, 2.05) is 19.9 Å². The normalized spacial score (nSPS) is 17.4. The zero-order chi connectivity index (χ0) is 21.0. The third-order valence-electron chi connectivity index (χ3n) is 5.62. The molecule has 4 aromatic heterocycles. The summed E-state index contributed by atoms with van der Waals surface area (Å²) in [6.45, 7) is 6.09. The summed E-state index contributed by atoms with van der Waals surface area (Å²) in [6.07, 6.45) is 4.70. The topological polar surface area (TPSA) is 116 Å². The Morgan fingerprint density at radius 2 is 2.27 bits per heavy atom. The van der Waals surface area contributed by atoms with E-state index in [0.717, 1.165) is 40.8 Å². The van der Waals surface area contributed by atoms with Gasteiger partial charge >= 0.3 is 0 Å². The molecule has 0 aromatic carbocycles. The largest absolute Gasteiger partial charge is 0.469 e. The van der Waals surface area contributed by atoms with Crippen LogP contribution in [0.2, 0.25) is 0 Å². The van der Waals surface area contributed by atoms with Crippen molar-refractivity contribution in [3.63, 3.8) is 0 Å². The second-order valence-electron chi connectivity index (χ2n) is 7.81. The quantitative estimate of drug-likeness (QED) is 0.364. The number of furan rings is 1. The Morgan fingerprint density at radius 3 is 3.03 bits per heavy atom. The van der Waals surface area contributed by atoms with E-state index in [4.69, 9.17) is 15.2 Å². The third kappa shape index (κ3) is 3.14. The Labute approximate surface area is 180 Å². The number of thiophene rings is 1. The van der Waals surface area contributed by atoms with Crippen LogP contribution in [0.15, 0.2) is 26.7 Å². The van der Waals surface area contributed by atoms with Crippen LogP contribution in [0.1, 0.15) is 47.5 Å². The molecule has 1 aliphatic carbocycles. The highest BCUT2D eigenvalue weighted by Crippen LogP contribution is 2.38. The first-order valence-corrected chi connectivity index (χ1v) is 11.6. The highest BCUT2D eigenvalue weighted by molar-refractivity contribution is 7.99. The fourth-order valence-electron chi connectivity index (χ4n) is 3.93. The van der Waals surface area contributed by atoms with E-state index < -0.39 is 0 Å². The van der Waals surface area contributed by atoms with E-state index in [2.05, 4.69) is 22.1 Å². The standard InChI is InChI=1S/C20H22N6O2S2/c1-9-4-5-13-14(8-9)30-19-15(13)18(27)22-16(23-19)11(3)29-20-25-24-17(26(20)21)12-6-7-28-10(12)2/h6-7,9,11H,4-5,8,21H2,1-3H3,(H,22,23,27). The number of aryl methyl sites for hydroxylation is 2. The lowest BCUT2D eigenvalue weighted by atomic mass is 9.89. The molecule has 4 aromatic rings. The third-order valence-corrected chi connectivity index (χ3v) is 7.83. The van der Waals surface area contributed by atoms with Crippen LogP contribution in [0, 0.1) is 12.8 Å². The van der Waals surface area contributed by atoms with Crippen LogP contribution in [0.25, 0.3) is 21.6 Å². The number of hydrogen-bond acceptors (Lipinski definition) is 8. The van der Waals surface area contributed by atoms with Gasteiger partial charge in [0.05, 0.1) is 22.5 Å². The van der Waals surface area contributed by atoms with Crippen LogP contribution >= 0.6 is 23.1 Å². The van der Waals surface area contributed by atoms with Gasteiger partial charge in [0.1, 0.15) is 16.4 Å². The number of nitrogens with two attached hydrogens (primary N) is 1. The SMILES string of the molecule is Cc1occc1-c1nnc(SC(C)c2nc3sc4c(c3c(=O)[nH]2)CCC(C)C4)n1N. The summed E-state index contributed by atoms with van der Waals surface area (Å²) < 4.78 is 6.78. The highest BCUT2D eigenvalue weighted by atomic mass is 32.2. The number of nitrogens with zero attached hydrogens (tertiary/aromatic N) is 4. The summed E-state index contributed by atoms with van der Waals surface area (Å²) in [5, 5.41) is 9.58. The van der Waals surface area contributed by atoms with E-state index >= 15 is 0 Å². The van der Waals surface area contributed by atoms with Gasteiger partial charge in [-0.05, 0) is 50.7 Å². The summed E-state index contributed by atoms with van der Waals surface area (Å²) in [5.74, 6) is 8.77. The van der Waals surface area contributed by atoms with Gasteiger partial charge in [-0.1, -0.05) is 18.7 Å². The monoisotopic (exact) mass is 442 g/mol. The van der Waals surface area contributed by atoms with Crippen molar-refractivity contribution in [3.8, 4) is 11.4 Å². The summed E-state index contributed by atoms with van der Waals surface area (Å²) in [6, 6.07) is 1.81. The molecule has 4 heterocycles. The van der Waals surface area contributed by atoms with Crippen LogP contribution in [0.3, 0.4) is 0 Å². The molecular formula is C20H22N6O2S2. The molecule has 1 aliphatic rings. The van der Waals surface area contributed by atoms with Gasteiger partial charge in [0, 0.05) is 4.88 Å². The molecule has 0 fully saturated rings. The highest BCUT2D eigenvalue weighted by Gasteiger charge is 2.25. The number of nitrogens with one attached hydrogen (secondary N) is 1. The molecule has 30 heavy (non-hydrogen) atoms. The number of aromatic nitrogens is 5. The summed E-state index contributed by atoms with van der Waals surface area (Å²) in [4.78, 5) is 22.8. The summed E-state index contributed by atoms with van der Waals surface area (Å²) in [7, 11) is 0. The van der Waals surface area contributed by atoms with Crippen LogP contribution in [-0.2, 0) is 12.8 Å². The number of fused-ring (bicyclic) bond motifs is 3. The van der Waals surface area contributed by atoms with Gasteiger partial charge in [0.2, 0.25) is 5.16 Å². The van der Waals surface area contributed by atoms with Crippen molar-refractivity contribution in [2.24, 2.45) is 5.92 Å². The van der Waals surface area contributed by atoms with Gasteiger partial charge in [0.25, 0.3) is 5.56 Å². The van der Waals surface area contributed by atoms with Crippen molar-refractivity contribution in [2.75, 3.05) is 5.84 Å². The molecule has 5 rings (SSSR count). The maximum absolute atomic E-state index is 12.9. The van der Waals surface area contributed by atoms with Crippen molar-refractivity contribution >= 4 is 33.3 Å². The fourth-order valence-corrected chi connectivity index (χ4v) is 6.15. The molecule has 0 radical (unpaired) electrons. The lowest BCUT2D eigenvalue weighted by molar-refractivity contribution is 0.509. The minimum absolute atomic E-state index is 0.0570.